The van der Waals surface area contributed by atoms with Crippen LogP contribution in [-0.2, 0) is 0 Å². The van der Waals surface area contributed by atoms with Crippen molar-refractivity contribution in [2.75, 3.05) is 26.2 Å². The van der Waals surface area contributed by atoms with E-state index in [4.69, 9.17) is 0 Å². The van der Waals surface area contributed by atoms with Crippen LogP contribution in [0.5, 0.6) is 0 Å². The molecule has 2 heterocycles. The third-order valence-electron chi connectivity index (χ3n) is 2.98. The highest BCUT2D eigenvalue weighted by Crippen LogP contribution is 2.29. The van der Waals surface area contributed by atoms with Crippen molar-refractivity contribution < 1.29 is 0 Å². The lowest BCUT2D eigenvalue weighted by Crippen LogP contribution is -2.58. The van der Waals surface area contributed by atoms with E-state index in [1.165, 1.54) is 39.0 Å². The maximum absolute atomic E-state index is 3.54. The maximum Gasteiger partial charge on any atom is 0.0333 e. The highest BCUT2D eigenvalue weighted by Gasteiger charge is 2.41. The van der Waals surface area contributed by atoms with E-state index in [0.717, 1.165) is 0 Å². The van der Waals surface area contributed by atoms with Crippen LogP contribution in [0.2, 0.25) is 0 Å². The Bertz CT molecular complexity index is 129. The van der Waals surface area contributed by atoms with Crippen LogP contribution in [0.1, 0.15) is 19.8 Å². The zero-order chi connectivity index (χ0) is 7.03. The van der Waals surface area contributed by atoms with Crippen molar-refractivity contribution in [3.8, 4) is 0 Å². The van der Waals surface area contributed by atoms with E-state index < -0.39 is 0 Å². The second-order valence-electron chi connectivity index (χ2n) is 3.58. The Morgan fingerprint density at radius 2 is 2.30 bits per heavy atom. The predicted molar refractivity (Wildman–Crippen MR) is 42.1 cm³/mol. The first-order valence-corrected chi connectivity index (χ1v) is 4.32. The zero-order valence-corrected chi connectivity index (χ0v) is 6.69. The number of likely N-dealkylation sites (tertiary alicyclic amines) is 1. The molecular formula is C8H16N2. The minimum absolute atomic E-state index is 0.565. The Balaban J connectivity index is 1.92. The summed E-state index contributed by atoms with van der Waals surface area (Å²) in [6, 6.07) is 0. The average molecular weight is 140 g/mol. The lowest BCUT2D eigenvalue weighted by Gasteiger charge is -2.39. The number of hydrogen-bond donors (Lipinski definition) is 1. The third-order valence-corrected chi connectivity index (χ3v) is 2.98. The summed E-state index contributed by atoms with van der Waals surface area (Å²) in [4.78, 5) is 2.53. The maximum atomic E-state index is 3.54. The van der Waals surface area contributed by atoms with Crippen LogP contribution >= 0.6 is 0 Å². The number of nitrogens with zero attached hydrogens (tertiary/aromatic N) is 1. The van der Waals surface area contributed by atoms with E-state index in [1.54, 1.807) is 0 Å². The first-order valence-electron chi connectivity index (χ1n) is 4.32. The molecule has 2 aliphatic heterocycles. The summed E-state index contributed by atoms with van der Waals surface area (Å²) < 4.78 is 0. The molecule has 0 aromatic heterocycles. The van der Waals surface area contributed by atoms with E-state index >= 15 is 0 Å². The van der Waals surface area contributed by atoms with Crippen molar-refractivity contribution in [1.29, 1.82) is 0 Å². The Morgan fingerprint density at radius 1 is 1.50 bits per heavy atom. The van der Waals surface area contributed by atoms with Crippen LogP contribution in [0.3, 0.4) is 0 Å². The number of hydrogen-bond acceptors (Lipinski definition) is 2. The molecule has 0 aromatic rings. The second-order valence-corrected chi connectivity index (χ2v) is 3.58. The Labute approximate surface area is 62.6 Å². The van der Waals surface area contributed by atoms with Crippen molar-refractivity contribution >= 4 is 0 Å². The van der Waals surface area contributed by atoms with Gasteiger partial charge in [-0.15, -0.1) is 0 Å². The molecule has 0 saturated carbocycles. The van der Waals surface area contributed by atoms with E-state index in [1.807, 2.05) is 0 Å². The van der Waals surface area contributed by atoms with E-state index in [2.05, 4.69) is 17.1 Å². The van der Waals surface area contributed by atoms with Gasteiger partial charge in [-0.2, -0.15) is 0 Å². The largest absolute Gasteiger partial charge is 0.310 e. The monoisotopic (exact) mass is 140 g/mol. The van der Waals surface area contributed by atoms with Gasteiger partial charge in [0.1, 0.15) is 0 Å². The van der Waals surface area contributed by atoms with Crippen molar-refractivity contribution in [3.63, 3.8) is 0 Å². The van der Waals surface area contributed by atoms with Crippen LogP contribution in [0.15, 0.2) is 0 Å². The second kappa shape index (κ2) is 2.21. The fourth-order valence-electron chi connectivity index (χ4n) is 2.06. The zero-order valence-electron chi connectivity index (χ0n) is 6.69. The first kappa shape index (κ1) is 6.62. The Hall–Kier alpha value is -0.0800. The summed E-state index contributed by atoms with van der Waals surface area (Å²) in [6.07, 6.45) is 2.78. The topological polar surface area (TPSA) is 15.3 Å². The molecule has 58 valence electrons. The number of nitrogens with one attached hydrogen (secondary N) is 1. The van der Waals surface area contributed by atoms with Gasteiger partial charge >= 0.3 is 0 Å². The molecule has 2 rings (SSSR count). The van der Waals surface area contributed by atoms with E-state index in [-0.39, 0.29) is 0 Å². The molecule has 0 aliphatic carbocycles. The molecule has 2 saturated heterocycles. The minimum Gasteiger partial charge on any atom is -0.310 e. The van der Waals surface area contributed by atoms with Crippen molar-refractivity contribution in [2.45, 2.75) is 25.3 Å². The van der Waals surface area contributed by atoms with Gasteiger partial charge in [0, 0.05) is 18.6 Å². The van der Waals surface area contributed by atoms with E-state index in [9.17, 15) is 0 Å². The van der Waals surface area contributed by atoms with Crippen molar-refractivity contribution in [3.05, 3.63) is 0 Å². The molecule has 2 heteroatoms. The summed E-state index contributed by atoms with van der Waals surface area (Å²) in [5.41, 5.74) is 0.565. The molecule has 2 nitrogen and oxygen atoms in total. The molecule has 0 aromatic carbocycles. The normalized spacial score (nSPS) is 40.5. The first-order chi connectivity index (χ1) is 4.85. The van der Waals surface area contributed by atoms with Crippen LogP contribution in [0.4, 0.5) is 0 Å². The summed E-state index contributed by atoms with van der Waals surface area (Å²) in [6.45, 7) is 7.33. The Kier molecular flexibility index (Phi) is 1.46. The molecule has 0 radical (unpaired) electrons. The quantitative estimate of drug-likeness (QED) is 0.568. The van der Waals surface area contributed by atoms with Crippen LogP contribution in [-0.4, -0.2) is 36.6 Å². The minimum atomic E-state index is 0.565. The summed E-state index contributed by atoms with van der Waals surface area (Å²) in [5.74, 6) is 0. The molecule has 10 heavy (non-hydrogen) atoms. The van der Waals surface area contributed by atoms with Crippen LogP contribution < -0.4 is 5.32 Å². The number of likely N-dealkylation sites (N-methyl/N-ethyl adjacent to an activating group) is 1. The van der Waals surface area contributed by atoms with E-state index in [0.29, 0.717) is 5.54 Å². The lowest BCUT2D eigenvalue weighted by atomic mass is 9.87. The van der Waals surface area contributed by atoms with Gasteiger partial charge in [-0.3, -0.25) is 0 Å². The van der Waals surface area contributed by atoms with Gasteiger partial charge in [-0.1, -0.05) is 6.92 Å². The van der Waals surface area contributed by atoms with Crippen LogP contribution in [0.25, 0.3) is 0 Å². The summed E-state index contributed by atoms with van der Waals surface area (Å²) in [7, 11) is 0. The molecule has 2 aliphatic rings. The van der Waals surface area contributed by atoms with Gasteiger partial charge in [0.05, 0.1) is 0 Å². The van der Waals surface area contributed by atoms with Gasteiger partial charge < -0.3 is 10.2 Å². The smallest absolute Gasteiger partial charge is 0.0333 e. The van der Waals surface area contributed by atoms with Gasteiger partial charge in [0.15, 0.2) is 0 Å². The molecule has 2 fully saturated rings. The van der Waals surface area contributed by atoms with Gasteiger partial charge in [0.25, 0.3) is 0 Å². The molecule has 0 amide bonds. The fraction of sp³-hybridized carbons (Fsp3) is 1.00. The van der Waals surface area contributed by atoms with Gasteiger partial charge in [-0.25, -0.2) is 0 Å². The summed E-state index contributed by atoms with van der Waals surface area (Å²) >= 11 is 0. The van der Waals surface area contributed by atoms with Gasteiger partial charge in [-0.05, 0) is 25.9 Å². The molecule has 0 bridgehead atoms. The standard InChI is InChI=1S/C8H16N2/c1-2-10-6-4-8(7-10)3-5-9-8/h9H,2-7H2,1H3/t8-/m0/s1. The van der Waals surface area contributed by atoms with Crippen molar-refractivity contribution in [2.24, 2.45) is 0 Å². The molecular weight excluding hydrogens is 124 g/mol. The number of rotatable bonds is 1. The summed E-state index contributed by atoms with van der Waals surface area (Å²) in [5, 5.41) is 3.54. The molecule has 1 spiro atoms. The molecule has 1 atom stereocenters. The highest BCUT2D eigenvalue weighted by molar-refractivity contribution is 5.03. The predicted octanol–water partition coefficient (Wildman–Crippen LogP) is 0.444. The fourth-order valence-corrected chi connectivity index (χ4v) is 2.06. The molecule has 0 unspecified atom stereocenters. The highest BCUT2D eigenvalue weighted by atomic mass is 15.2. The average Bonchev–Trinajstić information content (AvgIpc) is 2.29. The third kappa shape index (κ3) is 0.867. The van der Waals surface area contributed by atoms with Crippen LogP contribution in [0, 0.1) is 0 Å². The van der Waals surface area contributed by atoms with Gasteiger partial charge in [0.2, 0.25) is 0 Å². The Morgan fingerprint density at radius 3 is 2.60 bits per heavy atom. The van der Waals surface area contributed by atoms with Crippen molar-refractivity contribution in [1.82, 2.24) is 10.2 Å². The lowest BCUT2D eigenvalue weighted by molar-refractivity contribution is 0.204. The SMILES string of the molecule is CCN1CC[C@@]2(CCN2)C1. The molecule has 1 N–H and O–H groups in total.